The van der Waals surface area contributed by atoms with Crippen LogP contribution in [0.25, 0.3) is 0 Å². The molecule has 0 aromatic rings. The van der Waals surface area contributed by atoms with E-state index in [1.165, 1.54) is 13.2 Å². The van der Waals surface area contributed by atoms with Gasteiger partial charge in [0.05, 0.1) is 7.11 Å². The highest BCUT2D eigenvalue weighted by Crippen LogP contribution is 2.19. The summed E-state index contributed by atoms with van der Waals surface area (Å²) in [4.78, 5) is 11.1. The molecule has 1 aliphatic rings. The van der Waals surface area contributed by atoms with Gasteiger partial charge in [-0.25, -0.2) is 0 Å². The highest BCUT2D eigenvalue weighted by Gasteiger charge is 2.25. The number of carbonyl (C=O) groups excluding carboxylic acids is 1. The summed E-state index contributed by atoms with van der Waals surface area (Å²) in [7, 11) is 1.53. The maximum absolute atomic E-state index is 11.1. The number of hydrogen-bond acceptors (Lipinski definition) is 3. The molecule has 0 saturated heterocycles. The minimum atomic E-state index is -0.977. The van der Waals surface area contributed by atoms with Crippen molar-refractivity contribution in [1.82, 2.24) is 0 Å². The van der Waals surface area contributed by atoms with Crippen LogP contribution < -0.4 is 0 Å². The van der Waals surface area contributed by atoms with E-state index >= 15 is 0 Å². The Morgan fingerprint density at radius 1 is 1.58 bits per heavy atom. The first-order chi connectivity index (χ1) is 5.66. The Kier molecular flexibility index (Phi) is 2.65. The molecule has 1 N–H and O–H groups in total. The van der Waals surface area contributed by atoms with Crippen LogP contribution in [0.5, 0.6) is 0 Å². The van der Waals surface area contributed by atoms with Gasteiger partial charge in [0.1, 0.15) is 11.9 Å². The van der Waals surface area contributed by atoms with Crippen LogP contribution in [-0.2, 0) is 9.53 Å². The predicted octanol–water partition coefficient (Wildman–Crippen LogP) is 0.653. The summed E-state index contributed by atoms with van der Waals surface area (Å²) in [6.07, 6.45) is 3.66. The molecule has 12 heavy (non-hydrogen) atoms. The van der Waals surface area contributed by atoms with Crippen molar-refractivity contribution in [3.05, 3.63) is 24.0 Å². The van der Waals surface area contributed by atoms with Gasteiger partial charge in [-0.3, -0.25) is 4.79 Å². The van der Waals surface area contributed by atoms with Crippen molar-refractivity contribution in [2.24, 2.45) is 5.92 Å². The van der Waals surface area contributed by atoms with Gasteiger partial charge >= 0.3 is 0 Å². The average molecular weight is 168 g/mol. The van der Waals surface area contributed by atoms with Crippen molar-refractivity contribution in [3.8, 4) is 0 Å². The topological polar surface area (TPSA) is 46.5 Å². The molecule has 2 atom stereocenters. The van der Waals surface area contributed by atoms with E-state index in [-0.39, 0.29) is 11.7 Å². The van der Waals surface area contributed by atoms with Crippen LogP contribution in [0.1, 0.15) is 6.92 Å². The summed E-state index contributed by atoms with van der Waals surface area (Å²) in [6.45, 7) is 1.75. The minimum absolute atomic E-state index is 0.266. The van der Waals surface area contributed by atoms with Gasteiger partial charge in [0.25, 0.3) is 0 Å². The van der Waals surface area contributed by atoms with Crippen LogP contribution in [0.2, 0.25) is 0 Å². The van der Waals surface area contributed by atoms with Crippen LogP contribution in [0.4, 0.5) is 0 Å². The van der Waals surface area contributed by atoms with Crippen molar-refractivity contribution in [2.75, 3.05) is 7.11 Å². The molecule has 0 aromatic heterocycles. The molecule has 0 bridgehead atoms. The fraction of sp³-hybridized carbons (Fsp3) is 0.444. The Morgan fingerprint density at radius 2 is 2.25 bits per heavy atom. The van der Waals surface area contributed by atoms with E-state index in [1.807, 2.05) is 0 Å². The number of allylic oxidation sites excluding steroid dienone is 2. The second kappa shape index (κ2) is 3.54. The highest BCUT2D eigenvalue weighted by atomic mass is 16.5. The number of rotatable bonds is 1. The summed E-state index contributed by atoms with van der Waals surface area (Å²) in [6, 6.07) is 0. The molecule has 0 radical (unpaired) electrons. The van der Waals surface area contributed by atoms with Crippen LogP contribution in [0, 0.1) is 5.92 Å². The van der Waals surface area contributed by atoms with Crippen molar-refractivity contribution in [2.45, 2.75) is 13.0 Å². The van der Waals surface area contributed by atoms with Crippen molar-refractivity contribution in [1.29, 1.82) is 0 Å². The van der Waals surface area contributed by atoms with Gasteiger partial charge in [-0.15, -0.1) is 0 Å². The summed E-state index contributed by atoms with van der Waals surface area (Å²) in [5.74, 6) is 0.0906. The standard InChI is InChI=1S/C9H12O3/c1-6-8(12-2)5-3-4-7(10)9(6)11/h3-6,9,11H,1-2H3. The molecule has 1 rings (SSSR count). The van der Waals surface area contributed by atoms with Crippen LogP contribution >= 0.6 is 0 Å². The number of ketones is 1. The zero-order valence-electron chi connectivity index (χ0n) is 7.15. The second-order valence-corrected chi connectivity index (χ2v) is 2.77. The van der Waals surface area contributed by atoms with Crippen molar-refractivity contribution >= 4 is 5.78 Å². The first-order valence-corrected chi connectivity index (χ1v) is 3.81. The van der Waals surface area contributed by atoms with Crippen LogP contribution in [-0.4, -0.2) is 24.1 Å². The van der Waals surface area contributed by atoms with Crippen molar-refractivity contribution in [3.63, 3.8) is 0 Å². The summed E-state index contributed by atoms with van der Waals surface area (Å²) < 4.78 is 5.00. The molecule has 3 heteroatoms. The van der Waals surface area contributed by atoms with Gasteiger partial charge in [0, 0.05) is 5.92 Å². The van der Waals surface area contributed by atoms with Gasteiger partial charge < -0.3 is 9.84 Å². The first kappa shape index (κ1) is 9.00. The molecule has 3 nitrogen and oxygen atoms in total. The third-order valence-electron chi connectivity index (χ3n) is 1.97. The molecule has 0 aromatic carbocycles. The third kappa shape index (κ3) is 1.56. The number of carbonyl (C=O) groups is 1. The van der Waals surface area contributed by atoms with Gasteiger partial charge in [0.15, 0.2) is 5.78 Å². The van der Waals surface area contributed by atoms with Crippen molar-refractivity contribution < 1.29 is 14.6 Å². The second-order valence-electron chi connectivity index (χ2n) is 2.77. The number of ether oxygens (including phenoxy) is 1. The quantitative estimate of drug-likeness (QED) is 0.625. The smallest absolute Gasteiger partial charge is 0.184 e. The molecule has 0 spiro atoms. The third-order valence-corrected chi connectivity index (χ3v) is 1.97. The van der Waals surface area contributed by atoms with E-state index in [0.717, 1.165) is 0 Å². The molecule has 2 unspecified atom stereocenters. The van der Waals surface area contributed by atoms with E-state index in [4.69, 9.17) is 4.74 Å². The molecule has 0 fully saturated rings. The lowest BCUT2D eigenvalue weighted by molar-refractivity contribution is -0.124. The molecule has 0 saturated carbocycles. The monoisotopic (exact) mass is 168 g/mol. The SMILES string of the molecule is COC1=CC=CC(=O)C(O)C1C. The number of methoxy groups -OCH3 is 1. The van der Waals surface area contributed by atoms with E-state index < -0.39 is 6.10 Å². The molecule has 0 heterocycles. The maximum atomic E-state index is 11.1. The molecule has 0 aliphatic heterocycles. The zero-order valence-corrected chi connectivity index (χ0v) is 7.15. The largest absolute Gasteiger partial charge is 0.501 e. The number of aliphatic hydroxyl groups excluding tert-OH is 1. The lowest BCUT2D eigenvalue weighted by Gasteiger charge is -2.16. The highest BCUT2D eigenvalue weighted by molar-refractivity contribution is 5.94. The van der Waals surface area contributed by atoms with E-state index in [9.17, 15) is 9.90 Å². The lowest BCUT2D eigenvalue weighted by Crippen LogP contribution is -2.27. The summed E-state index contributed by atoms with van der Waals surface area (Å²) in [5, 5.41) is 9.41. The van der Waals surface area contributed by atoms with Gasteiger partial charge in [-0.05, 0) is 12.2 Å². The number of hydrogen-bond donors (Lipinski definition) is 1. The van der Waals surface area contributed by atoms with E-state index in [2.05, 4.69) is 0 Å². The Morgan fingerprint density at radius 3 is 2.83 bits per heavy atom. The molecule has 66 valence electrons. The zero-order chi connectivity index (χ0) is 9.14. The predicted molar refractivity (Wildman–Crippen MR) is 44.4 cm³/mol. The average Bonchev–Trinajstić information content (AvgIpc) is 2.19. The Hall–Kier alpha value is -1.09. The fourth-order valence-electron chi connectivity index (χ4n) is 1.14. The van der Waals surface area contributed by atoms with Gasteiger partial charge in [0.2, 0.25) is 0 Å². The summed E-state index contributed by atoms with van der Waals surface area (Å²) >= 11 is 0. The molecule has 1 aliphatic carbocycles. The minimum Gasteiger partial charge on any atom is -0.501 e. The normalized spacial score (nSPS) is 29.6. The maximum Gasteiger partial charge on any atom is 0.184 e. The molecular formula is C9H12O3. The fourth-order valence-corrected chi connectivity index (χ4v) is 1.14. The molecular weight excluding hydrogens is 156 g/mol. The van der Waals surface area contributed by atoms with Gasteiger partial charge in [-0.2, -0.15) is 0 Å². The van der Waals surface area contributed by atoms with E-state index in [0.29, 0.717) is 5.76 Å². The Labute approximate surface area is 71.3 Å². The lowest BCUT2D eigenvalue weighted by atomic mass is 10.0. The number of aliphatic hydroxyl groups is 1. The van der Waals surface area contributed by atoms with Crippen LogP contribution in [0.15, 0.2) is 24.0 Å². The Bertz CT molecular complexity index is 240. The van der Waals surface area contributed by atoms with E-state index in [1.54, 1.807) is 19.1 Å². The van der Waals surface area contributed by atoms with Crippen LogP contribution in [0.3, 0.4) is 0 Å². The van der Waals surface area contributed by atoms with Gasteiger partial charge in [-0.1, -0.05) is 13.0 Å². The summed E-state index contributed by atoms with van der Waals surface area (Å²) in [5.41, 5.74) is 0. The first-order valence-electron chi connectivity index (χ1n) is 3.81. The Balaban J connectivity index is 2.89. The molecule has 0 amide bonds.